The van der Waals surface area contributed by atoms with Gasteiger partial charge in [0.1, 0.15) is 6.04 Å². The third-order valence-corrected chi connectivity index (χ3v) is 8.31. The highest BCUT2D eigenvalue weighted by atomic mass is 32.2. The molecule has 0 spiro atoms. The number of hydrogen-bond donors (Lipinski definition) is 1. The van der Waals surface area contributed by atoms with E-state index in [-0.39, 0.29) is 29.4 Å². The molecule has 0 aliphatic carbocycles. The van der Waals surface area contributed by atoms with Gasteiger partial charge in [-0.15, -0.1) is 0 Å². The minimum absolute atomic E-state index is 0.0581. The fourth-order valence-corrected chi connectivity index (χ4v) is 6.60. The van der Waals surface area contributed by atoms with Crippen LogP contribution < -0.4 is 0 Å². The highest BCUT2D eigenvalue weighted by Gasteiger charge is 2.50. The highest BCUT2D eigenvalue weighted by molar-refractivity contribution is 7.90. The lowest BCUT2D eigenvalue weighted by Gasteiger charge is -2.33. The van der Waals surface area contributed by atoms with Crippen LogP contribution in [0.5, 0.6) is 0 Å². The Labute approximate surface area is 160 Å². The lowest BCUT2D eigenvalue weighted by Crippen LogP contribution is -2.49. The number of carboxylic acids is 1. The van der Waals surface area contributed by atoms with Crippen molar-refractivity contribution in [2.75, 3.05) is 19.5 Å². The predicted molar refractivity (Wildman–Crippen MR) is 99.6 cm³/mol. The predicted octanol–water partition coefficient (Wildman–Crippen LogP) is 1.26. The SMILES string of the molecule is COCCS(=O)(=O)Cc1cccc(S(=O)(=O)N2[C@@H](C(=O)O)CCC2(C)C)c1. The molecular formula is C17H25NO7S2. The summed E-state index contributed by atoms with van der Waals surface area (Å²) in [7, 11) is -6.15. The van der Waals surface area contributed by atoms with E-state index >= 15 is 0 Å². The monoisotopic (exact) mass is 419 g/mol. The summed E-state index contributed by atoms with van der Waals surface area (Å²) < 4.78 is 56.3. The van der Waals surface area contributed by atoms with E-state index in [0.717, 1.165) is 4.31 Å². The van der Waals surface area contributed by atoms with Gasteiger partial charge in [-0.3, -0.25) is 4.79 Å². The first kappa shape index (κ1) is 21.8. The first-order valence-corrected chi connectivity index (χ1v) is 11.7. The van der Waals surface area contributed by atoms with E-state index in [1.54, 1.807) is 13.8 Å². The van der Waals surface area contributed by atoms with Crippen molar-refractivity contribution in [2.45, 2.75) is 48.9 Å². The maximum atomic E-state index is 13.1. The number of benzene rings is 1. The van der Waals surface area contributed by atoms with Crippen LogP contribution in [-0.2, 0) is 35.1 Å². The Morgan fingerprint density at radius 3 is 2.56 bits per heavy atom. The van der Waals surface area contributed by atoms with E-state index in [2.05, 4.69) is 0 Å². The molecule has 27 heavy (non-hydrogen) atoms. The number of methoxy groups -OCH3 is 1. The highest BCUT2D eigenvalue weighted by Crippen LogP contribution is 2.38. The minimum Gasteiger partial charge on any atom is -0.480 e. The molecule has 0 unspecified atom stereocenters. The van der Waals surface area contributed by atoms with Gasteiger partial charge in [-0.2, -0.15) is 4.31 Å². The molecule has 0 saturated carbocycles. The van der Waals surface area contributed by atoms with Crippen LogP contribution in [0, 0.1) is 0 Å². The maximum absolute atomic E-state index is 13.1. The van der Waals surface area contributed by atoms with Gasteiger partial charge >= 0.3 is 5.97 Å². The van der Waals surface area contributed by atoms with Gasteiger partial charge in [-0.05, 0) is 44.4 Å². The van der Waals surface area contributed by atoms with Gasteiger partial charge in [0, 0.05) is 12.6 Å². The van der Waals surface area contributed by atoms with Crippen molar-refractivity contribution in [1.82, 2.24) is 4.31 Å². The van der Waals surface area contributed by atoms with Crippen LogP contribution in [0.1, 0.15) is 32.3 Å². The van der Waals surface area contributed by atoms with Gasteiger partial charge in [0.25, 0.3) is 0 Å². The molecule has 1 aromatic rings. The molecular weight excluding hydrogens is 394 g/mol. The fraction of sp³-hybridized carbons (Fsp3) is 0.588. The second-order valence-electron chi connectivity index (χ2n) is 7.24. The van der Waals surface area contributed by atoms with Gasteiger partial charge in [0.05, 0.1) is 23.0 Å². The molecule has 0 bridgehead atoms. The maximum Gasteiger partial charge on any atom is 0.322 e. The number of carbonyl (C=O) groups is 1. The molecule has 1 N–H and O–H groups in total. The lowest BCUT2D eigenvalue weighted by molar-refractivity contribution is -0.141. The van der Waals surface area contributed by atoms with Crippen molar-refractivity contribution >= 4 is 25.8 Å². The van der Waals surface area contributed by atoms with Crippen LogP contribution in [0.25, 0.3) is 0 Å². The number of aliphatic carboxylic acids is 1. The molecule has 8 nitrogen and oxygen atoms in total. The first-order valence-electron chi connectivity index (χ1n) is 8.46. The van der Waals surface area contributed by atoms with Crippen molar-refractivity contribution < 1.29 is 31.5 Å². The van der Waals surface area contributed by atoms with Gasteiger partial charge in [-0.25, -0.2) is 16.8 Å². The number of ether oxygens (including phenoxy) is 1. The molecule has 0 aromatic heterocycles. The standard InChI is InChI=1S/C17H25NO7S2/c1-17(2)8-7-15(16(19)20)18(17)27(23,24)14-6-4-5-13(11-14)12-26(21,22)10-9-25-3/h4-6,11,15H,7-10,12H2,1-3H3,(H,19,20)/t15-/m1/s1. The smallest absolute Gasteiger partial charge is 0.322 e. The zero-order chi connectivity index (χ0) is 20.5. The number of sulfonamides is 1. The van der Waals surface area contributed by atoms with Crippen LogP contribution in [0.4, 0.5) is 0 Å². The van der Waals surface area contributed by atoms with Crippen LogP contribution in [-0.4, -0.2) is 63.3 Å². The van der Waals surface area contributed by atoms with Crippen LogP contribution in [0.15, 0.2) is 29.2 Å². The Morgan fingerprint density at radius 1 is 1.30 bits per heavy atom. The third-order valence-electron chi connectivity index (χ3n) is 4.63. The van der Waals surface area contributed by atoms with Crippen LogP contribution in [0.3, 0.4) is 0 Å². The largest absolute Gasteiger partial charge is 0.480 e. The van der Waals surface area contributed by atoms with Crippen molar-refractivity contribution in [1.29, 1.82) is 0 Å². The number of rotatable bonds is 8. The molecule has 10 heteroatoms. The van der Waals surface area contributed by atoms with Crippen LogP contribution in [0.2, 0.25) is 0 Å². The van der Waals surface area contributed by atoms with Gasteiger partial charge in [-0.1, -0.05) is 12.1 Å². The Bertz CT molecular complexity index is 907. The normalized spacial score (nSPS) is 20.6. The van der Waals surface area contributed by atoms with E-state index in [9.17, 15) is 26.7 Å². The summed E-state index contributed by atoms with van der Waals surface area (Å²) in [5.41, 5.74) is -0.515. The second-order valence-corrected chi connectivity index (χ2v) is 11.2. The van der Waals surface area contributed by atoms with E-state index < -0.39 is 37.4 Å². The summed E-state index contributed by atoms with van der Waals surface area (Å²) in [5.74, 6) is -1.67. The summed E-state index contributed by atoms with van der Waals surface area (Å²) in [6.07, 6.45) is 0.654. The van der Waals surface area contributed by atoms with E-state index in [0.29, 0.717) is 12.0 Å². The molecule has 1 aliphatic heterocycles. The Morgan fingerprint density at radius 2 is 1.96 bits per heavy atom. The average molecular weight is 420 g/mol. The summed E-state index contributed by atoms with van der Waals surface area (Å²) in [4.78, 5) is 11.4. The molecule has 0 amide bonds. The van der Waals surface area contributed by atoms with Crippen molar-refractivity contribution in [3.05, 3.63) is 29.8 Å². The molecule has 2 rings (SSSR count). The van der Waals surface area contributed by atoms with Gasteiger partial charge in [0.15, 0.2) is 9.84 Å². The average Bonchev–Trinajstić information content (AvgIpc) is 2.89. The summed E-state index contributed by atoms with van der Waals surface area (Å²) in [6.45, 7) is 3.43. The van der Waals surface area contributed by atoms with Gasteiger partial charge in [0.2, 0.25) is 10.0 Å². The molecule has 1 atom stereocenters. The zero-order valence-corrected chi connectivity index (χ0v) is 17.2. The molecule has 1 saturated heterocycles. The van der Waals surface area contributed by atoms with Crippen molar-refractivity contribution in [3.8, 4) is 0 Å². The third kappa shape index (κ3) is 4.87. The first-order chi connectivity index (χ1) is 12.4. The van der Waals surface area contributed by atoms with Crippen molar-refractivity contribution in [2.24, 2.45) is 0 Å². The number of carboxylic acid groups (broad SMARTS) is 1. The lowest BCUT2D eigenvalue weighted by atomic mass is 10.0. The summed E-state index contributed by atoms with van der Waals surface area (Å²) >= 11 is 0. The Balaban J connectivity index is 2.38. The number of nitrogens with zero attached hydrogens (tertiary/aromatic N) is 1. The number of sulfone groups is 1. The molecule has 152 valence electrons. The summed E-state index contributed by atoms with van der Waals surface area (Å²) in [5, 5.41) is 9.42. The van der Waals surface area contributed by atoms with E-state index in [4.69, 9.17) is 4.74 Å². The summed E-state index contributed by atoms with van der Waals surface area (Å²) in [6, 6.07) is 4.51. The fourth-order valence-electron chi connectivity index (χ4n) is 3.30. The molecule has 1 aliphatic rings. The molecule has 0 radical (unpaired) electrons. The van der Waals surface area contributed by atoms with Gasteiger partial charge < -0.3 is 9.84 Å². The van der Waals surface area contributed by atoms with Crippen molar-refractivity contribution in [3.63, 3.8) is 0 Å². The molecule has 1 fully saturated rings. The molecule has 1 aromatic carbocycles. The quantitative estimate of drug-likeness (QED) is 0.674. The minimum atomic E-state index is -4.10. The van der Waals surface area contributed by atoms with E-state index in [1.165, 1.54) is 31.4 Å². The number of hydrogen-bond acceptors (Lipinski definition) is 6. The zero-order valence-electron chi connectivity index (χ0n) is 15.6. The Hall–Kier alpha value is -1.49. The topological polar surface area (TPSA) is 118 Å². The van der Waals surface area contributed by atoms with E-state index in [1.807, 2.05) is 0 Å². The molecule has 1 heterocycles. The van der Waals surface area contributed by atoms with Crippen LogP contribution >= 0.6 is 0 Å². The second kappa shape index (κ2) is 7.86. The Kier molecular flexibility index (Phi) is 6.35.